The van der Waals surface area contributed by atoms with E-state index >= 15 is 0 Å². The third-order valence-electron chi connectivity index (χ3n) is 5.87. The maximum absolute atomic E-state index is 13.7. The number of rotatable bonds is 7. The lowest BCUT2D eigenvalue weighted by Crippen LogP contribution is -2.39. The van der Waals surface area contributed by atoms with Crippen molar-refractivity contribution in [2.75, 3.05) is 6.61 Å². The Labute approximate surface area is 231 Å². The van der Waals surface area contributed by atoms with Crippen molar-refractivity contribution in [1.29, 1.82) is 0 Å². The molecule has 0 saturated heterocycles. The Kier molecular flexibility index (Phi) is 7.44. The van der Waals surface area contributed by atoms with Crippen molar-refractivity contribution in [3.05, 3.63) is 132 Å². The summed E-state index contributed by atoms with van der Waals surface area (Å²) in [6.07, 6.45) is 4.60. The Balaban J connectivity index is 1.58. The number of furan rings is 1. The number of halogens is 1. The number of thiazole rings is 1. The molecule has 3 heterocycles. The fourth-order valence-electron chi connectivity index (χ4n) is 4.09. The van der Waals surface area contributed by atoms with E-state index in [-0.39, 0.29) is 29.2 Å². The summed E-state index contributed by atoms with van der Waals surface area (Å²) in [5.41, 5.74) is 1.75. The normalized spacial score (nSPS) is 14.9. The molecule has 0 N–H and O–H groups in total. The summed E-state index contributed by atoms with van der Waals surface area (Å²) >= 11 is 7.22. The van der Waals surface area contributed by atoms with E-state index < -0.39 is 18.0 Å². The minimum atomic E-state index is -0.819. The molecule has 196 valence electrons. The predicted octanol–water partition coefficient (Wildman–Crippen LogP) is 4.43. The molecule has 0 fully saturated rings. The number of ether oxygens (including phenoxy) is 2. The van der Waals surface area contributed by atoms with Crippen LogP contribution in [0, 0.1) is 0 Å². The molecule has 0 spiro atoms. The van der Waals surface area contributed by atoms with Crippen LogP contribution in [0.3, 0.4) is 0 Å². The molecule has 10 heteroatoms. The van der Waals surface area contributed by atoms with Crippen molar-refractivity contribution in [1.82, 2.24) is 4.57 Å². The Hall–Kier alpha value is -4.47. The molecule has 0 saturated carbocycles. The lowest BCUT2D eigenvalue weighted by molar-refractivity contribution is -0.138. The van der Waals surface area contributed by atoms with E-state index in [1.54, 1.807) is 55.5 Å². The number of allylic oxidation sites excluding steroid dienone is 1. The van der Waals surface area contributed by atoms with Gasteiger partial charge in [0.25, 0.3) is 5.56 Å². The lowest BCUT2D eigenvalue weighted by Gasteiger charge is -2.24. The second-order valence-electron chi connectivity index (χ2n) is 8.46. The molecule has 2 aromatic heterocycles. The number of aromatic nitrogens is 1. The van der Waals surface area contributed by atoms with Crippen molar-refractivity contribution in [3.8, 4) is 5.75 Å². The zero-order valence-corrected chi connectivity index (χ0v) is 22.2. The fraction of sp³-hybridized carbons (Fsp3) is 0.103. The highest BCUT2D eigenvalue weighted by Crippen LogP contribution is 2.31. The van der Waals surface area contributed by atoms with Gasteiger partial charge in [0.1, 0.15) is 12.4 Å². The maximum atomic E-state index is 13.7. The molecule has 1 aliphatic heterocycles. The van der Waals surface area contributed by atoms with Gasteiger partial charge in [0, 0.05) is 5.02 Å². The van der Waals surface area contributed by atoms with Crippen molar-refractivity contribution in [3.63, 3.8) is 0 Å². The Morgan fingerprint density at radius 2 is 1.87 bits per heavy atom. The molecule has 1 atom stereocenters. The van der Waals surface area contributed by atoms with Gasteiger partial charge in [-0.15, -0.1) is 0 Å². The van der Waals surface area contributed by atoms with E-state index in [9.17, 15) is 14.4 Å². The fourth-order valence-corrected chi connectivity index (χ4v) is 5.26. The van der Waals surface area contributed by atoms with E-state index in [2.05, 4.69) is 11.6 Å². The summed E-state index contributed by atoms with van der Waals surface area (Å²) < 4.78 is 17.7. The van der Waals surface area contributed by atoms with Crippen LogP contribution in [0.1, 0.15) is 34.6 Å². The highest BCUT2D eigenvalue weighted by atomic mass is 35.5. The zero-order chi connectivity index (χ0) is 27.5. The SMILES string of the molecule is C=CCOC(=O)C1=C(C)N=c2s/c(=C/c3ccc(Cl)cc3)c(=O)n2C1c1ccc(OC(=O)c2ccco2)cc1. The van der Waals surface area contributed by atoms with E-state index in [1.807, 2.05) is 12.1 Å². The smallest absolute Gasteiger partial charge is 0.379 e. The van der Waals surface area contributed by atoms with Crippen molar-refractivity contribution >= 4 is 41.0 Å². The molecule has 1 unspecified atom stereocenters. The van der Waals surface area contributed by atoms with Crippen LogP contribution < -0.4 is 19.6 Å². The summed E-state index contributed by atoms with van der Waals surface area (Å²) in [4.78, 5) is 44.1. The quantitative estimate of drug-likeness (QED) is 0.188. The number of esters is 2. The first kappa shape index (κ1) is 26.1. The largest absolute Gasteiger partial charge is 0.458 e. The van der Waals surface area contributed by atoms with Crippen molar-refractivity contribution < 1.29 is 23.5 Å². The lowest BCUT2D eigenvalue weighted by atomic mass is 9.96. The number of carbonyl (C=O) groups is 2. The van der Waals surface area contributed by atoms with Crippen LogP contribution >= 0.6 is 22.9 Å². The Bertz CT molecular complexity index is 1760. The highest BCUT2D eigenvalue weighted by molar-refractivity contribution is 7.07. The molecule has 4 aromatic rings. The monoisotopic (exact) mass is 560 g/mol. The summed E-state index contributed by atoms with van der Waals surface area (Å²) in [6.45, 7) is 5.30. The molecule has 5 rings (SSSR count). The first-order chi connectivity index (χ1) is 18.9. The third-order valence-corrected chi connectivity index (χ3v) is 7.11. The van der Waals surface area contributed by atoms with Crippen LogP contribution in [0.25, 0.3) is 6.08 Å². The van der Waals surface area contributed by atoms with E-state index in [0.717, 1.165) is 5.56 Å². The van der Waals surface area contributed by atoms with Gasteiger partial charge >= 0.3 is 11.9 Å². The predicted molar refractivity (Wildman–Crippen MR) is 146 cm³/mol. The van der Waals surface area contributed by atoms with E-state index in [4.69, 9.17) is 25.5 Å². The van der Waals surface area contributed by atoms with Gasteiger partial charge in [-0.1, -0.05) is 59.9 Å². The minimum Gasteiger partial charge on any atom is -0.458 e. The molecule has 0 aliphatic carbocycles. The van der Waals surface area contributed by atoms with Crippen LogP contribution in [0.2, 0.25) is 5.02 Å². The second-order valence-corrected chi connectivity index (χ2v) is 9.90. The Morgan fingerprint density at radius 3 is 2.54 bits per heavy atom. The van der Waals surface area contributed by atoms with Crippen molar-refractivity contribution in [2.24, 2.45) is 4.99 Å². The van der Waals surface area contributed by atoms with E-state index in [1.165, 1.54) is 34.3 Å². The van der Waals surface area contributed by atoms with Gasteiger partial charge in [-0.3, -0.25) is 9.36 Å². The number of carbonyl (C=O) groups excluding carboxylic acids is 2. The zero-order valence-electron chi connectivity index (χ0n) is 20.6. The first-order valence-corrected chi connectivity index (χ1v) is 13.0. The van der Waals surface area contributed by atoms with Gasteiger partial charge in [-0.2, -0.15) is 0 Å². The van der Waals surface area contributed by atoms with Crippen molar-refractivity contribution in [2.45, 2.75) is 13.0 Å². The number of nitrogens with zero attached hydrogens (tertiary/aromatic N) is 2. The Morgan fingerprint density at radius 1 is 1.13 bits per heavy atom. The van der Waals surface area contributed by atoms with Gasteiger partial charge in [-0.25, -0.2) is 14.6 Å². The summed E-state index contributed by atoms with van der Waals surface area (Å²) in [6, 6.07) is 15.9. The van der Waals surface area contributed by atoms with Gasteiger partial charge in [0.15, 0.2) is 4.80 Å². The van der Waals surface area contributed by atoms with Gasteiger partial charge in [0.2, 0.25) is 5.76 Å². The summed E-state index contributed by atoms with van der Waals surface area (Å²) in [5.74, 6) is -0.918. The standard InChI is InChI=1S/C29H21ClN2O6S/c1-3-14-37-28(35)24-17(2)31-29-32(26(33)23(39-29)16-18-6-10-20(30)11-7-18)25(24)19-8-12-21(13-9-19)38-27(34)22-5-4-15-36-22/h3-13,15-16,25H,1,14H2,2H3/b23-16+. The van der Waals surface area contributed by atoms with Gasteiger partial charge in [0.05, 0.1) is 28.1 Å². The average Bonchev–Trinajstić information content (AvgIpc) is 3.57. The van der Waals surface area contributed by atoms with Gasteiger partial charge in [-0.05, 0) is 60.5 Å². The molecular formula is C29H21ClN2O6S. The van der Waals surface area contributed by atoms with E-state index in [0.29, 0.717) is 25.6 Å². The molecule has 2 aromatic carbocycles. The van der Waals surface area contributed by atoms with Crippen LogP contribution in [0.5, 0.6) is 5.75 Å². The second kappa shape index (κ2) is 11.1. The van der Waals surface area contributed by atoms with Gasteiger partial charge < -0.3 is 13.9 Å². The number of hydrogen-bond acceptors (Lipinski definition) is 8. The number of hydrogen-bond donors (Lipinski definition) is 0. The number of fused-ring (bicyclic) bond motifs is 1. The third kappa shape index (κ3) is 5.41. The molecule has 0 radical (unpaired) electrons. The number of benzene rings is 2. The average molecular weight is 561 g/mol. The van der Waals surface area contributed by atoms with Crippen LogP contribution in [0.15, 0.2) is 105 Å². The van der Waals surface area contributed by atoms with Crippen LogP contribution in [0.4, 0.5) is 0 Å². The maximum Gasteiger partial charge on any atom is 0.379 e. The van der Waals surface area contributed by atoms with Crippen LogP contribution in [-0.4, -0.2) is 23.1 Å². The molecule has 0 bridgehead atoms. The molecular weight excluding hydrogens is 540 g/mol. The first-order valence-electron chi connectivity index (χ1n) is 11.8. The summed E-state index contributed by atoms with van der Waals surface area (Å²) in [5, 5.41) is 0.588. The molecule has 39 heavy (non-hydrogen) atoms. The molecule has 8 nitrogen and oxygen atoms in total. The van der Waals surface area contributed by atoms with Crippen LogP contribution in [-0.2, 0) is 9.53 Å². The molecule has 0 amide bonds. The minimum absolute atomic E-state index is 0.00495. The highest BCUT2D eigenvalue weighted by Gasteiger charge is 2.33. The topological polar surface area (TPSA) is 100 Å². The summed E-state index contributed by atoms with van der Waals surface area (Å²) in [7, 11) is 0. The molecule has 1 aliphatic rings.